The molecular formula is C16H25N3O4S. The number of sulfonamides is 1. The Bertz CT molecular complexity index is 707. The predicted octanol–water partition coefficient (Wildman–Crippen LogP) is 1.55. The van der Waals surface area contributed by atoms with Gasteiger partial charge in [0.15, 0.2) is 5.03 Å². The number of carbonyl (C=O) groups is 1. The van der Waals surface area contributed by atoms with Crippen molar-refractivity contribution in [2.24, 2.45) is 18.4 Å². The van der Waals surface area contributed by atoms with E-state index in [2.05, 4.69) is 4.98 Å². The average Bonchev–Trinajstić information content (AvgIpc) is 3.14. The molecule has 1 spiro atoms. The maximum atomic E-state index is 12.9. The molecule has 1 aromatic rings. The first-order valence-electron chi connectivity index (χ1n) is 8.54. The van der Waals surface area contributed by atoms with Crippen molar-refractivity contribution >= 4 is 16.0 Å². The van der Waals surface area contributed by atoms with Crippen molar-refractivity contribution in [2.75, 3.05) is 19.7 Å². The molecule has 1 saturated carbocycles. The molecule has 2 heterocycles. The largest absolute Gasteiger partial charge is 0.466 e. The maximum absolute atomic E-state index is 12.9. The number of aryl methyl sites for hydroxylation is 1. The zero-order valence-electron chi connectivity index (χ0n) is 14.3. The van der Waals surface area contributed by atoms with E-state index in [0.29, 0.717) is 13.2 Å². The van der Waals surface area contributed by atoms with Crippen LogP contribution in [0, 0.1) is 11.3 Å². The van der Waals surface area contributed by atoms with Gasteiger partial charge in [0.2, 0.25) is 0 Å². The van der Waals surface area contributed by atoms with Crippen molar-refractivity contribution in [1.82, 2.24) is 13.9 Å². The molecule has 8 heteroatoms. The standard InChI is InChI=1S/C16H25N3O4S/c1-3-23-15(20)13-9-19(11-16(13)7-5-4-6-8-16)24(21,22)14-10-18(2)12-17-14/h10,12-13H,3-9,11H2,1-2H3/t13-/m0/s1. The van der Waals surface area contributed by atoms with Gasteiger partial charge >= 0.3 is 5.97 Å². The summed E-state index contributed by atoms with van der Waals surface area (Å²) in [4.78, 5) is 16.5. The minimum atomic E-state index is -3.68. The molecule has 1 aromatic heterocycles. The molecular weight excluding hydrogens is 330 g/mol. The quantitative estimate of drug-likeness (QED) is 0.766. The average molecular weight is 355 g/mol. The van der Waals surface area contributed by atoms with Gasteiger partial charge in [-0.2, -0.15) is 4.31 Å². The fourth-order valence-corrected chi connectivity index (χ4v) is 5.61. The van der Waals surface area contributed by atoms with Gasteiger partial charge in [0, 0.05) is 26.3 Å². The van der Waals surface area contributed by atoms with Crippen LogP contribution in [0.15, 0.2) is 17.6 Å². The summed E-state index contributed by atoms with van der Waals surface area (Å²) in [6, 6.07) is 0. The molecule has 24 heavy (non-hydrogen) atoms. The van der Waals surface area contributed by atoms with E-state index >= 15 is 0 Å². The molecule has 2 aliphatic rings. The third kappa shape index (κ3) is 2.97. The van der Waals surface area contributed by atoms with Crippen molar-refractivity contribution in [1.29, 1.82) is 0 Å². The summed E-state index contributed by atoms with van der Waals surface area (Å²) in [6.45, 7) is 2.67. The molecule has 0 unspecified atom stereocenters. The van der Waals surface area contributed by atoms with Crippen molar-refractivity contribution in [3.8, 4) is 0 Å². The third-order valence-corrected chi connectivity index (χ3v) is 7.02. The Kier molecular flexibility index (Phi) is 4.70. The van der Waals surface area contributed by atoms with Crippen molar-refractivity contribution < 1.29 is 17.9 Å². The zero-order valence-corrected chi connectivity index (χ0v) is 15.1. The van der Waals surface area contributed by atoms with E-state index in [0.717, 1.165) is 32.1 Å². The number of rotatable bonds is 4. The highest BCUT2D eigenvalue weighted by molar-refractivity contribution is 7.89. The Morgan fingerprint density at radius 3 is 2.67 bits per heavy atom. The fourth-order valence-electron chi connectivity index (χ4n) is 4.09. The van der Waals surface area contributed by atoms with Gasteiger partial charge in [-0.15, -0.1) is 0 Å². The van der Waals surface area contributed by atoms with E-state index in [-0.39, 0.29) is 28.9 Å². The number of carbonyl (C=O) groups excluding carboxylic acids is 1. The number of aromatic nitrogens is 2. The summed E-state index contributed by atoms with van der Waals surface area (Å²) >= 11 is 0. The third-order valence-electron chi connectivity index (χ3n) is 5.32. The molecule has 1 aliphatic heterocycles. The van der Waals surface area contributed by atoms with E-state index in [1.807, 2.05) is 0 Å². The normalized spacial score (nSPS) is 24.3. The SMILES string of the molecule is CCOC(=O)[C@@H]1CN(S(=O)(=O)c2cn(C)cn2)CC12CCCCC2. The van der Waals surface area contributed by atoms with Crippen LogP contribution in [-0.2, 0) is 26.6 Å². The van der Waals surface area contributed by atoms with Gasteiger partial charge < -0.3 is 9.30 Å². The minimum absolute atomic E-state index is 0.0421. The summed E-state index contributed by atoms with van der Waals surface area (Å²) in [5.41, 5.74) is -0.285. The van der Waals surface area contributed by atoms with Gasteiger partial charge in [-0.1, -0.05) is 19.3 Å². The Morgan fingerprint density at radius 1 is 1.38 bits per heavy atom. The summed E-state index contributed by atoms with van der Waals surface area (Å²) < 4.78 is 34.1. The smallest absolute Gasteiger partial charge is 0.310 e. The van der Waals surface area contributed by atoms with Crippen LogP contribution in [0.2, 0.25) is 0 Å². The highest BCUT2D eigenvalue weighted by Gasteiger charge is 2.54. The van der Waals surface area contributed by atoms with Gasteiger partial charge in [-0.05, 0) is 25.2 Å². The van der Waals surface area contributed by atoms with Crippen LogP contribution in [0.1, 0.15) is 39.0 Å². The highest BCUT2D eigenvalue weighted by Crippen LogP contribution is 2.49. The lowest BCUT2D eigenvalue weighted by atomic mass is 9.68. The van der Waals surface area contributed by atoms with Gasteiger partial charge in [-0.25, -0.2) is 13.4 Å². The Labute approximate surface area is 143 Å². The second kappa shape index (κ2) is 6.48. The molecule has 0 radical (unpaired) electrons. The van der Waals surface area contributed by atoms with Gasteiger partial charge in [0.05, 0.1) is 18.9 Å². The monoisotopic (exact) mass is 355 g/mol. The Morgan fingerprint density at radius 2 is 2.08 bits per heavy atom. The number of hydrogen-bond acceptors (Lipinski definition) is 5. The van der Waals surface area contributed by atoms with Crippen LogP contribution in [0.25, 0.3) is 0 Å². The van der Waals surface area contributed by atoms with Crippen LogP contribution in [0.5, 0.6) is 0 Å². The molecule has 1 aliphatic carbocycles. The molecule has 0 aromatic carbocycles. The number of ether oxygens (including phenoxy) is 1. The molecule has 1 atom stereocenters. The molecule has 0 N–H and O–H groups in total. The predicted molar refractivity (Wildman–Crippen MR) is 87.6 cm³/mol. The Hall–Kier alpha value is -1.41. The van der Waals surface area contributed by atoms with Crippen LogP contribution in [0.4, 0.5) is 0 Å². The molecule has 2 fully saturated rings. The van der Waals surface area contributed by atoms with Crippen molar-refractivity contribution in [3.63, 3.8) is 0 Å². The zero-order chi connectivity index (χ0) is 17.4. The maximum Gasteiger partial charge on any atom is 0.310 e. The fraction of sp³-hybridized carbons (Fsp3) is 0.750. The van der Waals surface area contributed by atoms with E-state index in [4.69, 9.17) is 4.74 Å². The number of esters is 1. The Balaban J connectivity index is 1.90. The van der Waals surface area contributed by atoms with Crippen LogP contribution >= 0.6 is 0 Å². The lowest BCUT2D eigenvalue weighted by Gasteiger charge is -2.36. The molecule has 0 amide bonds. The lowest BCUT2D eigenvalue weighted by molar-refractivity contribution is -0.151. The summed E-state index contributed by atoms with van der Waals surface area (Å²) in [7, 11) is -1.94. The summed E-state index contributed by atoms with van der Waals surface area (Å²) in [6.07, 6.45) is 7.95. The highest BCUT2D eigenvalue weighted by atomic mass is 32.2. The van der Waals surface area contributed by atoms with E-state index in [1.165, 1.54) is 16.8 Å². The molecule has 0 bridgehead atoms. The summed E-state index contributed by atoms with van der Waals surface area (Å²) in [5.74, 6) is -0.644. The van der Waals surface area contributed by atoms with Gasteiger partial charge in [-0.3, -0.25) is 4.79 Å². The number of nitrogens with zero attached hydrogens (tertiary/aromatic N) is 3. The second-order valence-corrected chi connectivity index (χ2v) is 8.79. The van der Waals surface area contributed by atoms with Crippen LogP contribution in [0.3, 0.4) is 0 Å². The van der Waals surface area contributed by atoms with E-state index in [9.17, 15) is 13.2 Å². The minimum Gasteiger partial charge on any atom is -0.466 e. The molecule has 7 nitrogen and oxygen atoms in total. The second-order valence-electron chi connectivity index (χ2n) is 6.90. The molecule has 134 valence electrons. The van der Waals surface area contributed by atoms with Gasteiger partial charge in [0.1, 0.15) is 0 Å². The summed E-state index contributed by atoms with van der Waals surface area (Å²) in [5, 5.41) is 0.0421. The van der Waals surface area contributed by atoms with Crippen molar-refractivity contribution in [2.45, 2.75) is 44.1 Å². The molecule has 3 rings (SSSR count). The first-order valence-corrected chi connectivity index (χ1v) is 9.98. The molecule has 1 saturated heterocycles. The number of imidazole rings is 1. The van der Waals surface area contributed by atoms with Gasteiger partial charge in [0.25, 0.3) is 10.0 Å². The number of hydrogen-bond donors (Lipinski definition) is 0. The topological polar surface area (TPSA) is 81.5 Å². The van der Waals surface area contributed by atoms with E-state index in [1.54, 1.807) is 18.5 Å². The van der Waals surface area contributed by atoms with Crippen LogP contribution < -0.4 is 0 Å². The van der Waals surface area contributed by atoms with Crippen molar-refractivity contribution in [3.05, 3.63) is 12.5 Å². The van der Waals surface area contributed by atoms with Crippen LogP contribution in [-0.4, -0.2) is 47.9 Å². The first kappa shape index (κ1) is 17.4. The first-order chi connectivity index (χ1) is 11.4. The lowest BCUT2D eigenvalue weighted by Crippen LogP contribution is -2.38. The van der Waals surface area contributed by atoms with E-state index < -0.39 is 10.0 Å².